The number of rotatable bonds is 3. The van der Waals surface area contributed by atoms with Gasteiger partial charge >= 0.3 is 0 Å². The first-order chi connectivity index (χ1) is 9.52. The number of carbonyl (C=O) groups is 1. The van der Waals surface area contributed by atoms with Crippen LogP contribution in [0.3, 0.4) is 0 Å². The molecule has 5 heteroatoms. The van der Waals surface area contributed by atoms with E-state index in [2.05, 4.69) is 21.2 Å². The lowest BCUT2D eigenvalue weighted by molar-refractivity contribution is 0.0685. The Labute approximate surface area is 133 Å². The van der Waals surface area contributed by atoms with Crippen LogP contribution in [0.1, 0.15) is 36.0 Å². The van der Waals surface area contributed by atoms with Gasteiger partial charge < -0.3 is 10.2 Å². The molecule has 1 fully saturated rings. The van der Waals surface area contributed by atoms with Crippen molar-refractivity contribution in [3.8, 4) is 0 Å². The van der Waals surface area contributed by atoms with Crippen LogP contribution in [0, 0.1) is 0 Å². The predicted molar refractivity (Wildman–Crippen MR) is 86.3 cm³/mol. The molecule has 1 amide bonds. The standard InChI is InChI=1S/C15H20BrClN2O/c1-18-11-4-6-12(7-5-11)19(2)15(20)13-8-3-10(17)9-14(13)16/h3,8-9,11-12,18H,4-7H2,1-2H3. The molecule has 3 nitrogen and oxygen atoms in total. The summed E-state index contributed by atoms with van der Waals surface area (Å²) in [4.78, 5) is 14.4. The van der Waals surface area contributed by atoms with E-state index in [1.807, 2.05) is 19.0 Å². The zero-order chi connectivity index (χ0) is 14.7. The van der Waals surface area contributed by atoms with Gasteiger partial charge in [0.05, 0.1) is 5.56 Å². The molecule has 0 bridgehead atoms. The maximum Gasteiger partial charge on any atom is 0.254 e. The molecule has 110 valence electrons. The van der Waals surface area contributed by atoms with Gasteiger partial charge in [-0.05, 0) is 66.9 Å². The lowest BCUT2D eigenvalue weighted by Gasteiger charge is -2.34. The summed E-state index contributed by atoms with van der Waals surface area (Å²) in [6, 6.07) is 6.22. The average Bonchev–Trinajstić information content (AvgIpc) is 2.46. The summed E-state index contributed by atoms with van der Waals surface area (Å²) in [6.07, 6.45) is 4.36. The zero-order valence-electron chi connectivity index (χ0n) is 11.8. The SMILES string of the molecule is CNC1CCC(N(C)C(=O)c2ccc(Cl)cc2Br)CC1. The first-order valence-corrected chi connectivity index (χ1v) is 8.09. The van der Waals surface area contributed by atoms with Gasteiger partial charge in [0.2, 0.25) is 0 Å². The molecule has 20 heavy (non-hydrogen) atoms. The summed E-state index contributed by atoms with van der Waals surface area (Å²) in [7, 11) is 3.90. The van der Waals surface area contributed by atoms with Crippen LogP contribution in [0.25, 0.3) is 0 Å². The van der Waals surface area contributed by atoms with Crippen molar-refractivity contribution in [2.75, 3.05) is 14.1 Å². The molecule has 0 atom stereocenters. The van der Waals surface area contributed by atoms with Crippen LogP contribution in [-0.4, -0.2) is 37.0 Å². The van der Waals surface area contributed by atoms with Gasteiger partial charge in [-0.15, -0.1) is 0 Å². The smallest absolute Gasteiger partial charge is 0.254 e. The molecule has 1 N–H and O–H groups in total. The van der Waals surface area contributed by atoms with Gasteiger partial charge in [-0.1, -0.05) is 11.6 Å². The first kappa shape index (κ1) is 15.8. The Morgan fingerprint density at radius 3 is 2.55 bits per heavy atom. The van der Waals surface area contributed by atoms with Crippen molar-refractivity contribution in [1.29, 1.82) is 0 Å². The van der Waals surface area contributed by atoms with Crippen LogP contribution in [0.4, 0.5) is 0 Å². The second-order valence-corrected chi connectivity index (χ2v) is 6.63. The fourth-order valence-corrected chi connectivity index (χ4v) is 3.62. The Balaban J connectivity index is 2.05. The maximum atomic E-state index is 12.6. The lowest BCUT2D eigenvalue weighted by Crippen LogP contribution is -2.42. The monoisotopic (exact) mass is 358 g/mol. The van der Waals surface area contributed by atoms with E-state index in [0.29, 0.717) is 22.7 Å². The molecule has 0 aliphatic heterocycles. The van der Waals surface area contributed by atoms with Crippen molar-refractivity contribution < 1.29 is 4.79 Å². The summed E-state index contributed by atoms with van der Waals surface area (Å²) in [5, 5.41) is 3.94. The molecule has 1 aromatic carbocycles. The largest absolute Gasteiger partial charge is 0.339 e. The Kier molecular flexibility index (Phi) is 5.47. The fourth-order valence-electron chi connectivity index (χ4n) is 2.77. The van der Waals surface area contributed by atoms with E-state index in [1.54, 1.807) is 18.2 Å². The second-order valence-electron chi connectivity index (χ2n) is 5.33. The van der Waals surface area contributed by atoms with Gasteiger partial charge in [0, 0.05) is 28.6 Å². The molecule has 0 unspecified atom stereocenters. The molecule has 0 saturated heterocycles. The summed E-state index contributed by atoms with van der Waals surface area (Å²) in [5.74, 6) is 0.0569. The van der Waals surface area contributed by atoms with Crippen LogP contribution in [0.2, 0.25) is 5.02 Å². The number of nitrogens with zero attached hydrogens (tertiary/aromatic N) is 1. The van der Waals surface area contributed by atoms with E-state index < -0.39 is 0 Å². The van der Waals surface area contributed by atoms with Gasteiger partial charge in [-0.3, -0.25) is 4.79 Å². The molecule has 0 aromatic heterocycles. The van der Waals surface area contributed by atoms with E-state index in [4.69, 9.17) is 11.6 Å². The Morgan fingerprint density at radius 2 is 2.00 bits per heavy atom. The van der Waals surface area contributed by atoms with Crippen molar-refractivity contribution >= 4 is 33.4 Å². The predicted octanol–water partition coefficient (Wildman–Crippen LogP) is 3.71. The number of nitrogens with one attached hydrogen (secondary N) is 1. The summed E-state index contributed by atoms with van der Waals surface area (Å²) in [6.45, 7) is 0. The maximum absolute atomic E-state index is 12.6. The normalized spacial score (nSPS) is 22.6. The van der Waals surface area contributed by atoms with Gasteiger partial charge in [-0.2, -0.15) is 0 Å². The molecular weight excluding hydrogens is 340 g/mol. The molecular formula is C15H20BrClN2O. The minimum absolute atomic E-state index is 0.0569. The van der Waals surface area contributed by atoms with Gasteiger partial charge in [-0.25, -0.2) is 0 Å². The Morgan fingerprint density at radius 1 is 1.35 bits per heavy atom. The highest BCUT2D eigenvalue weighted by Crippen LogP contribution is 2.26. The third-order valence-electron chi connectivity index (χ3n) is 4.13. The first-order valence-electron chi connectivity index (χ1n) is 6.92. The number of halogens is 2. The average molecular weight is 360 g/mol. The molecule has 0 spiro atoms. The molecule has 1 saturated carbocycles. The summed E-state index contributed by atoms with van der Waals surface area (Å²) < 4.78 is 0.755. The molecule has 2 rings (SSSR count). The van der Waals surface area contributed by atoms with Crippen LogP contribution < -0.4 is 5.32 Å². The van der Waals surface area contributed by atoms with Crippen molar-refractivity contribution in [2.24, 2.45) is 0 Å². The number of hydrogen-bond donors (Lipinski definition) is 1. The highest BCUT2D eigenvalue weighted by atomic mass is 79.9. The van der Waals surface area contributed by atoms with Gasteiger partial charge in [0.1, 0.15) is 0 Å². The summed E-state index contributed by atoms with van der Waals surface area (Å²) >= 11 is 9.34. The van der Waals surface area contributed by atoms with Crippen LogP contribution in [0.15, 0.2) is 22.7 Å². The van der Waals surface area contributed by atoms with Gasteiger partial charge in [0.25, 0.3) is 5.91 Å². The summed E-state index contributed by atoms with van der Waals surface area (Å²) in [5.41, 5.74) is 0.674. The molecule has 1 aromatic rings. The fraction of sp³-hybridized carbons (Fsp3) is 0.533. The molecule has 0 heterocycles. The van der Waals surface area contributed by atoms with Crippen molar-refractivity contribution in [3.63, 3.8) is 0 Å². The van der Waals surface area contributed by atoms with E-state index in [1.165, 1.54) is 0 Å². The minimum atomic E-state index is 0.0569. The second kappa shape index (κ2) is 6.92. The number of amides is 1. The van der Waals surface area contributed by atoms with E-state index in [-0.39, 0.29) is 5.91 Å². The lowest BCUT2D eigenvalue weighted by atomic mass is 9.90. The molecule has 1 aliphatic carbocycles. The van der Waals surface area contributed by atoms with Gasteiger partial charge in [0.15, 0.2) is 0 Å². The van der Waals surface area contributed by atoms with Crippen LogP contribution >= 0.6 is 27.5 Å². The third kappa shape index (κ3) is 3.54. The van der Waals surface area contributed by atoms with E-state index in [9.17, 15) is 4.79 Å². The highest BCUT2D eigenvalue weighted by Gasteiger charge is 2.27. The number of benzene rings is 1. The topological polar surface area (TPSA) is 32.3 Å². The number of hydrogen-bond acceptors (Lipinski definition) is 2. The van der Waals surface area contributed by atoms with Crippen molar-refractivity contribution in [1.82, 2.24) is 10.2 Å². The van der Waals surface area contributed by atoms with Crippen molar-refractivity contribution in [3.05, 3.63) is 33.3 Å². The van der Waals surface area contributed by atoms with E-state index >= 15 is 0 Å². The zero-order valence-corrected chi connectivity index (χ0v) is 14.2. The Hall–Kier alpha value is -0.580. The van der Waals surface area contributed by atoms with Crippen LogP contribution in [-0.2, 0) is 0 Å². The van der Waals surface area contributed by atoms with E-state index in [0.717, 1.165) is 30.2 Å². The number of carbonyl (C=O) groups excluding carboxylic acids is 1. The quantitative estimate of drug-likeness (QED) is 0.892. The highest BCUT2D eigenvalue weighted by molar-refractivity contribution is 9.10. The van der Waals surface area contributed by atoms with Crippen LogP contribution in [0.5, 0.6) is 0 Å². The Bertz CT molecular complexity index is 487. The minimum Gasteiger partial charge on any atom is -0.339 e. The third-order valence-corrected chi connectivity index (χ3v) is 5.03. The van der Waals surface area contributed by atoms with Crippen molar-refractivity contribution in [2.45, 2.75) is 37.8 Å². The molecule has 1 aliphatic rings. The molecule has 0 radical (unpaired) electrons.